The van der Waals surface area contributed by atoms with Crippen molar-refractivity contribution in [3.05, 3.63) is 71.3 Å². The second-order valence-electron chi connectivity index (χ2n) is 7.57. The van der Waals surface area contributed by atoms with Crippen molar-refractivity contribution in [3.63, 3.8) is 0 Å². The van der Waals surface area contributed by atoms with Gasteiger partial charge in [0.2, 0.25) is 10.0 Å². The normalized spacial score (nSPS) is 17.4. The second-order valence-corrected chi connectivity index (χ2v) is 9.43. The van der Waals surface area contributed by atoms with E-state index in [1.807, 2.05) is 42.5 Å². The number of nitrogens with zero attached hydrogens (tertiary/aromatic N) is 4. The number of hydrogen-bond donors (Lipinski definition) is 0. The number of pyridine rings is 1. The second kappa shape index (κ2) is 8.20. The van der Waals surface area contributed by atoms with Crippen LogP contribution in [0.1, 0.15) is 41.5 Å². The maximum atomic E-state index is 13.3. The van der Waals surface area contributed by atoms with Gasteiger partial charge >= 0.3 is 0 Å². The van der Waals surface area contributed by atoms with Crippen molar-refractivity contribution in [1.82, 2.24) is 19.1 Å². The topological polar surface area (TPSA) is 77.3 Å². The van der Waals surface area contributed by atoms with Gasteiger partial charge in [-0.1, -0.05) is 24.3 Å². The van der Waals surface area contributed by atoms with Crippen LogP contribution in [0.5, 0.6) is 5.75 Å². The summed E-state index contributed by atoms with van der Waals surface area (Å²) in [7, 11) is -0.249. The average molecular weight is 427 g/mol. The van der Waals surface area contributed by atoms with Crippen LogP contribution in [0.15, 0.2) is 53.6 Å². The summed E-state index contributed by atoms with van der Waals surface area (Å²) in [5, 5.41) is 4.21. The van der Waals surface area contributed by atoms with E-state index in [-0.39, 0.29) is 10.9 Å². The third-order valence-electron chi connectivity index (χ3n) is 5.49. The molecule has 4 rings (SSSR count). The van der Waals surface area contributed by atoms with Crippen LogP contribution in [0.3, 0.4) is 0 Å². The summed E-state index contributed by atoms with van der Waals surface area (Å²) in [4.78, 5) is 5.09. The van der Waals surface area contributed by atoms with E-state index in [9.17, 15) is 8.42 Å². The molecule has 1 aliphatic heterocycles. The van der Waals surface area contributed by atoms with E-state index in [0.717, 1.165) is 35.5 Å². The lowest BCUT2D eigenvalue weighted by molar-refractivity contribution is 0.389. The lowest BCUT2D eigenvalue weighted by atomic mass is 10.1. The van der Waals surface area contributed by atoms with Gasteiger partial charge in [0, 0.05) is 37.5 Å². The molecule has 1 fully saturated rings. The van der Waals surface area contributed by atoms with Gasteiger partial charge in [-0.25, -0.2) is 8.42 Å². The summed E-state index contributed by atoms with van der Waals surface area (Å²) in [5.74, 6) is 0.821. The van der Waals surface area contributed by atoms with Crippen molar-refractivity contribution in [3.8, 4) is 5.75 Å². The van der Waals surface area contributed by atoms with Gasteiger partial charge in [-0.05, 0) is 38.0 Å². The molecule has 0 unspecified atom stereocenters. The Kier molecular flexibility index (Phi) is 5.62. The Morgan fingerprint density at radius 2 is 1.97 bits per heavy atom. The SMILES string of the molecule is COc1ccccc1Cc1cccc([C@H]2CCCN2S(=O)(=O)c2cn(C)nc2C)n1. The Hall–Kier alpha value is -2.71. The summed E-state index contributed by atoms with van der Waals surface area (Å²) in [6, 6.07) is 13.4. The minimum absolute atomic E-state index is 0.266. The van der Waals surface area contributed by atoms with Crippen molar-refractivity contribution >= 4 is 10.0 Å². The third-order valence-corrected chi connectivity index (χ3v) is 7.50. The summed E-state index contributed by atoms with van der Waals surface area (Å²) in [6.07, 6.45) is 3.76. The van der Waals surface area contributed by atoms with E-state index in [1.54, 1.807) is 36.3 Å². The molecule has 3 aromatic rings. The molecule has 7 nitrogen and oxygen atoms in total. The van der Waals surface area contributed by atoms with Crippen molar-refractivity contribution in [1.29, 1.82) is 0 Å². The molecular formula is C22H26N4O3S. The molecule has 1 aromatic carbocycles. The Morgan fingerprint density at radius 1 is 1.17 bits per heavy atom. The molecule has 158 valence electrons. The zero-order valence-corrected chi connectivity index (χ0v) is 18.3. The van der Waals surface area contributed by atoms with E-state index in [4.69, 9.17) is 9.72 Å². The van der Waals surface area contributed by atoms with E-state index >= 15 is 0 Å². The van der Waals surface area contributed by atoms with Gasteiger partial charge < -0.3 is 4.74 Å². The number of ether oxygens (including phenoxy) is 1. The van der Waals surface area contributed by atoms with Crippen LogP contribution in [0.2, 0.25) is 0 Å². The van der Waals surface area contributed by atoms with Crippen molar-refractivity contribution in [2.45, 2.75) is 37.1 Å². The van der Waals surface area contributed by atoms with Gasteiger partial charge in [0.1, 0.15) is 10.6 Å². The maximum Gasteiger partial charge on any atom is 0.247 e. The summed E-state index contributed by atoms with van der Waals surface area (Å²) >= 11 is 0. The van der Waals surface area contributed by atoms with Gasteiger partial charge in [-0.2, -0.15) is 9.40 Å². The molecule has 1 saturated heterocycles. The molecule has 30 heavy (non-hydrogen) atoms. The predicted molar refractivity (Wildman–Crippen MR) is 114 cm³/mol. The van der Waals surface area contributed by atoms with Crippen LogP contribution in [0.4, 0.5) is 0 Å². The summed E-state index contributed by atoms with van der Waals surface area (Å²) in [5.41, 5.74) is 3.23. The minimum Gasteiger partial charge on any atom is -0.496 e. The molecule has 3 heterocycles. The lowest BCUT2D eigenvalue weighted by Gasteiger charge is -2.23. The average Bonchev–Trinajstić information content (AvgIpc) is 3.36. The van der Waals surface area contributed by atoms with Crippen LogP contribution in [0.25, 0.3) is 0 Å². The molecule has 0 amide bonds. The highest BCUT2D eigenvalue weighted by Crippen LogP contribution is 2.36. The number of benzene rings is 1. The lowest BCUT2D eigenvalue weighted by Crippen LogP contribution is -2.31. The Bertz CT molecular complexity index is 1160. The standard InChI is InChI=1S/C22H26N4O3S/c1-16-22(15-25(2)24-16)30(27,28)26-13-7-11-20(26)19-10-6-9-18(23-19)14-17-8-4-5-12-21(17)29-3/h4-6,8-10,12,15,20H,7,11,13-14H2,1-3H3/t20-/m1/s1. The third kappa shape index (κ3) is 3.85. The Balaban J connectivity index is 1.64. The van der Waals surface area contributed by atoms with Crippen LogP contribution in [0, 0.1) is 6.92 Å². The van der Waals surface area contributed by atoms with Gasteiger partial charge in [-0.15, -0.1) is 0 Å². The van der Waals surface area contributed by atoms with Crippen molar-refractivity contribution < 1.29 is 13.2 Å². The quantitative estimate of drug-likeness (QED) is 0.605. The molecule has 2 aromatic heterocycles. The minimum atomic E-state index is -3.64. The maximum absolute atomic E-state index is 13.3. The highest BCUT2D eigenvalue weighted by atomic mass is 32.2. The molecular weight excluding hydrogens is 400 g/mol. The first kappa shape index (κ1) is 20.6. The van der Waals surface area contributed by atoms with Crippen molar-refractivity contribution in [2.24, 2.45) is 7.05 Å². The highest BCUT2D eigenvalue weighted by Gasteiger charge is 2.38. The van der Waals surface area contributed by atoms with Gasteiger partial charge in [0.25, 0.3) is 0 Å². The van der Waals surface area contributed by atoms with Crippen LogP contribution < -0.4 is 4.74 Å². The smallest absolute Gasteiger partial charge is 0.247 e. The molecule has 0 spiro atoms. The Labute approximate surface area is 177 Å². The summed E-state index contributed by atoms with van der Waals surface area (Å²) in [6.45, 7) is 2.21. The van der Waals surface area contributed by atoms with Gasteiger partial charge in [0.05, 0.1) is 24.5 Å². The number of aryl methyl sites for hydroxylation is 2. The molecule has 0 bridgehead atoms. The molecule has 0 saturated carbocycles. The highest BCUT2D eigenvalue weighted by molar-refractivity contribution is 7.89. The largest absolute Gasteiger partial charge is 0.496 e. The number of methoxy groups -OCH3 is 1. The molecule has 0 aliphatic carbocycles. The first-order valence-electron chi connectivity index (χ1n) is 10.00. The number of sulfonamides is 1. The number of aromatic nitrogens is 3. The molecule has 8 heteroatoms. The van der Waals surface area contributed by atoms with Crippen molar-refractivity contribution in [2.75, 3.05) is 13.7 Å². The predicted octanol–water partition coefficient (Wildman–Crippen LogP) is 3.25. The van der Waals surface area contributed by atoms with E-state index in [0.29, 0.717) is 18.7 Å². The molecule has 1 aliphatic rings. The fourth-order valence-corrected chi connectivity index (χ4v) is 5.98. The Morgan fingerprint density at radius 3 is 2.70 bits per heavy atom. The van der Waals surface area contributed by atoms with Crippen LogP contribution in [-0.4, -0.2) is 41.1 Å². The van der Waals surface area contributed by atoms with Crippen LogP contribution in [-0.2, 0) is 23.5 Å². The van der Waals surface area contributed by atoms with E-state index in [2.05, 4.69) is 5.10 Å². The fraction of sp³-hybridized carbons (Fsp3) is 0.364. The van der Waals surface area contributed by atoms with Gasteiger partial charge in [-0.3, -0.25) is 9.67 Å². The first-order chi connectivity index (χ1) is 14.4. The summed E-state index contributed by atoms with van der Waals surface area (Å²) < 4.78 is 35.2. The van der Waals surface area contributed by atoms with Gasteiger partial charge in [0.15, 0.2) is 0 Å². The zero-order valence-electron chi connectivity index (χ0n) is 17.4. The number of para-hydroxylation sites is 1. The first-order valence-corrected chi connectivity index (χ1v) is 11.4. The fourth-order valence-electron chi connectivity index (χ4n) is 4.11. The van der Waals surface area contributed by atoms with E-state index < -0.39 is 10.0 Å². The number of rotatable bonds is 6. The zero-order chi connectivity index (χ0) is 21.3. The molecule has 1 atom stereocenters. The number of hydrogen-bond acceptors (Lipinski definition) is 5. The van der Waals surface area contributed by atoms with Crippen LogP contribution >= 0.6 is 0 Å². The molecule has 0 radical (unpaired) electrons. The van der Waals surface area contributed by atoms with E-state index in [1.165, 1.54) is 0 Å². The molecule has 0 N–H and O–H groups in total. The monoisotopic (exact) mass is 426 g/mol.